The van der Waals surface area contributed by atoms with E-state index in [-0.39, 0.29) is 0 Å². The molecule has 0 amide bonds. The van der Waals surface area contributed by atoms with Gasteiger partial charge in [-0.3, -0.25) is 0 Å². The van der Waals surface area contributed by atoms with E-state index in [1.54, 1.807) is 0 Å². The second kappa shape index (κ2) is 18.3. The van der Waals surface area contributed by atoms with Gasteiger partial charge in [0.25, 0.3) is 0 Å². The molecule has 0 spiro atoms. The van der Waals surface area contributed by atoms with E-state index in [1.807, 2.05) is 0 Å². The number of thioether (sulfide) groups is 1. The van der Waals surface area contributed by atoms with Gasteiger partial charge in [-0.2, -0.15) is 11.8 Å². The molecule has 0 nitrogen and oxygen atoms in total. The molecule has 0 aromatic heterocycles. The molecule has 0 aromatic rings. The van der Waals surface area contributed by atoms with Gasteiger partial charge in [0, 0.05) is 0 Å². The van der Waals surface area contributed by atoms with Gasteiger partial charge in [-0.05, 0) is 24.3 Å². The maximum atomic E-state index is 4.67. The monoisotopic (exact) mass is 279 g/mol. The molecule has 0 N–H and O–H groups in total. The zero-order chi connectivity index (χ0) is 9.66. The summed E-state index contributed by atoms with van der Waals surface area (Å²) >= 11 is 2.86. The number of halogens is 2. The summed E-state index contributed by atoms with van der Waals surface area (Å²) in [5.74, 6) is 2.74. The van der Waals surface area contributed by atoms with Crippen molar-refractivity contribution in [3.05, 3.63) is 0 Å². The van der Waals surface area contributed by atoms with E-state index < -0.39 is 0 Å². The summed E-state index contributed by atoms with van der Waals surface area (Å²) in [4.78, 5) is 0. The number of unbranched alkanes of at least 4 members (excludes halogenated alkanes) is 2. The van der Waals surface area contributed by atoms with Crippen molar-refractivity contribution in [2.75, 3.05) is 11.5 Å². The molecular weight excluding hydrogens is 263 g/mol. The Morgan fingerprint density at radius 2 is 1.33 bits per heavy atom. The standard InChI is InChI=1S/C8H18S.2ClH.Cu/c1-3-5-7-9-8-6-4-2;;;/h3-8H2,1-2H3;2*1H;/q;;;+2/p-2. The van der Waals surface area contributed by atoms with Crippen LogP contribution in [0, 0.1) is 0 Å². The summed E-state index contributed by atoms with van der Waals surface area (Å²) in [6.07, 6.45) is 5.49. The van der Waals surface area contributed by atoms with Gasteiger partial charge in [0.1, 0.15) is 0 Å². The quantitative estimate of drug-likeness (QED) is 0.502. The fraction of sp³-hybridized carbons (Fsp3) is 1.00. The Morgan fingerprint density at radius 1 is 1.00 bits per heavy atom. The molecule has 0 fully saturated rings. The predicted molar refractivity (Wildman–Crippen MR) is 58.8 cm³/mol. The Kier molecular flexibility index (Phi) is 24.2. The Balaban J connectivity index is 0. The maximum absolute atomic E-state index is 4.67. The summed E-state index contributed by atoms with van der Waals surface area (Å²) in [6, 6.07) is 0. The Morgan fingerprint density at radius 3 is 1.58 bits per heavy atom. The fourth-order valence-electron chi connectivity index (χ4n) is 0.595. The molecule has 0 saturated carbocycles. The Labute approximate surface area is 95.8 Å². The van der Waals surface area contributed by atoms with Crippen LogP contribution in [0.15, 0.2) is 0 Å². The van der Waals surface area contributed by atoms with Crippen LogP contribution in [0.2, 0.25) is 0 Å². The zero-order valence-corrected chi connectivity index (χ0v) is 11.0. The van der Waals surface area contributed by atoms with Crippen LogP contribution < -0.4 is 0 Å². The van der Waals surface area contributed by atoms with E-state index in [0.717, 1.165) is 13.1 Å². The molecule has 81 valence electrons. The third-order valence-electron chi connectivity index (χ3n) is 1.28. The molecule has 0 aliphatic rings. The van der Waals surface area contributed by atoms with Crippen LogP contribution in [0.5, 0.6) is 0 Å². The second-order valence-electron chi connectivity index (χ2n) is 2.36. The molecule has 0 unspecified atom stereocenters. The SMILES string of the molecule is CCCCSCCCC.[Cl][Cu][Cl]. The van der Waals surface area contributed by atoms with E-state index in [2.05, 4.69) is 45.8 Å². The Bertz CT molecular complexity index is 59.0. The molecule has 0 heterocycles. The van der Waals surface area contributed by atoms with E-state index in [0.29, 0.717) is 0 Å². The van der Waals surface area contributed by atoms with Crippen LogP contribution in [0.25, 0.3) is 0 Å². The van der Waals surface area contributed by atoms with Gasteiger partial charge in [-0.1, -0.05) is 26.7 Å². The molecule has 0 aliphatic heterocycles. The van der Waals surface area contributed by atoms with Crippen LogP contribution in [-0.4, -0.2) is 11.5 Å². The van der Waals surface area contributed by atoms with Crippen LogP contribution in [0.3, 0.4) is 0 Å². The minimum atomic E-state index is 0.757. The molecule has 0 radical (unpaired) electrons. The fourth-order valence-corrected chi connectivity index (χ4v) is 1.78. The van der Waals surface area contributed by atoms with Crippen molar-refractivity contribution in [1.82, 2.24) is 0 Å². The van der Waals surface area contributed by atoms with E-state index in [1.165, 1.54) is 37.2 Å². The van der Waals surface area contributed by atoms with E-state index in [4.69, 9.17) is 0 Å². The van der Waals surface area contributed by atoms with Crippen molar-refractivity contribution in [2.45, 2.75) is 39.5 Å². The topological polar surface area (TPSA) is 0 Å². The average Bonchev–Trinajstić information content (AvgIpc) is 2.06. The Hall–Kier alpha value is 1.45. The molecule has 0 aromatic carbocycles. The van der Waals surface area contributed by atoms with Crippen LogP contribution in [-0.2, 0) is 13.1 Å². The van der Waals surface area contributed by atoms with Crippen molar-refractivity contribution in [2.24, 2.45) is 0 Å². The van der Waals surface area contributed by atoms with Crippen LogP contribution >= 0.6 is 32.0 Å². The molecule has 4 heteroatoms. The molecule has 0 saturated heterocycles. The first-order chi connectivity index (χ1) is 5.83. The van der Waals surface area contributed by atoms with Crippen molar-refractivity contribution in [1.29, 1.82) is 0 Å². The minimum absolute atomic E-state index is 0.757. The van der Waals surface area contributed by atoms with Crippen molar-refractivity contribution >= 4 is 32.0 Å². The van der Waals surface area contributed by atoms with Gasteiger partial charge in [0.15, 0.2) is 0 Å². The normalized spacial score (nSPS) is 9.33. The molecule has 0 rings (SSSR count). The predicted octanol–water partition coefficient (Wildman–Crippen LogP) is 4.70. The van der Waals surface area contributed by atoms with Gasteiger partial charge in [-0.15, -0.1) is 0 Å². The van der Waals surface area contributed by atoms with E-state index >= 15 is 0 Å². The average molecular weight is 281 g/mol. The molecule has 0 bridgehead atoms. The zero-order valence-electron chi connectivity index (χ0n) is 7.71. The number of rotatable bonds is 6. The van der Waals surface area contributed by atoms with Gasteiger partial charge >= 0.3 is 33.3 Å². The first kappa shape index (κ1) is 15.9. The summed E-state index contributed by atoms with van der Waals surface area (Å²) in [5, 5.41) is 0. The molecule has 12 heavy (non-hydrogen) atoms. The van der Waals surface area contributed by atoms with E-state index in [9.17, 15) is 0 Å². The first-order valence-corrected chi connectivity index (χ1v) is 7.97. The summed E-state index contributed by atoms with van der Waals surface area (Å²) in [6.45, 7) is 4.50. The third-order valence-corrected chi connectivity index (χ3v) is 2.44. The van der Waals surface area contributed by atoms with Gasteiger partial charge in [0.2, 0.25) is 0 Å². The van der Waals surface area contributed by atoms with Crippen LogP contribution in [0.4, 0.5) is 0 Å². The molecule has 0 aliphatic carbocycles. The van der Waals surface area contributed by atoms with Gasteiger partial charge in [-0.25, -0.2) is 0 Å². The molecular formula is C8H18Cl2CuS. The summed E-state index contributed by atoms with van der Waals surface area (Å²) in [5.41, 5.74) is 0. The molecule has 0 atom stereocenters. The number of hydrogen-bond acceptors (Lipinski definition) is 1. The first-order valence-electron chi connectivity index (χ1n) is 4.22. The van der Waals surface area contributed by atoms with Gasteiger partial charge in [0.05, 0.1) is 0 Å². The summed E-state index contributed by atoms with van der Waals surface area (Å²) in [7, 11) is 9.34. The van der Waals surface area contributed by atoms with Crippen LogP contribution in [0.1, 0.15) is 39.5 Å². The van der Waals surface area contributed by atoms with Crippen molar-refractivity contribution < 1.29 is 13.1 Å². The summed E-state index contributed by atoms with van der Waals surface area (Å²) < 4.78 is 0. The van der Waals surface area contributed by atoms with Crippen molar-refractivity contribution in [3.63, 3.8) is 0 Å². The third kappa shape index (κ3) is 22.5. The number of hydrogen-bond donors (Lipinski definition) is 0. The van der Waals surface area contributed by atoms with Gasteiger partial charge < -0.3 is 0 Å². The van der Waals surface area contributed by atoms with Crippen molar-refractivity contribution in [3.8, 4) is 0 Å². The second-order valence-corrected chi connectivity index (χ2v) is 5.14.